The molecule has 112 valence electrons. The summed E-state index contributed by atoms with van der Waals surface area (Å²) >= 11 is 0. The van der Waals surface area contributed by atoms with Gasteiger partial charge < -0.3 is 14.6 Å². The summed E-state index contributed by atoms with van der Waals surface area (Å²) in [4.78, 5) is 16.2. The maximum atomic E-state index is 12.1. The Kier molecular flexibility index (Phi) is 5.47. The third-order valence-electron chi connectivity index (χ3n) is 3.95. The van der Waals surface area contributed by atoms with E-state index < -0.39 is 0 Å². The van der Waals surface area contributed by atoms with Gasteiger partial charge in [0.2, 0.25) is 0 Å². The Hall–Kier alpha value is -1.49. The number of amides is 2. The highest BCUT2D eigenvalue weighted by atomic mass is 16.3. The molecule has 0 aromatic carbocycles. The second-order valence-electron chi connectivity index (χ2n) is 5.13. The van der Waals surface area contributed by atoms with Crippen LogP contribution in [0.2, 0.25) is 0 Å². The van der Waals surface area contributed by atoms with Crippen molar-refractivity contribution in [3.8, 4) is 0 Å². The largest absolute Gasteiger partial charge is 0.468 e. The highest BCUT2D eigenvalue weighted by molar-refractivity contribution is 5.74. The average molecular weight is 279 g/mol. The summed E-state index contributed by atoms with van der Waals surface area (Å²) in [6, 6.07) is 4.05. The van der Waals surface area contributed by atoms with Gasteiger partial charge in [-0.15, -0.1) is 0 Å². The number of furan rings is 1. The van der Waals surface area contributed by atoms with Crippen LogP contribution < -0.4 is 5.32 Å². The Bertz CT molecular complexity index is 395. The first-order valence-electron chi connectivity index (χ1n) is 7.56. The first-order valence-corrected chi connectivity index (χ1v) is 7.56. The van der Waals surface area contributed by atoms with Crippen LogP contribution in [0.15, 0.2) is 22.8 Å². The number of likely N-dealkylation sites (tertiary alicyclic amines) is 1. The lowest BCUT2D eigenvalue weighted by atomic mass is 10.2. The fraction of sp³-hybridized carbons (Fsp3) is 0.667. The summed E-state index contributed by atoms with van der Waals surface area (Å²) in [7, 11) is 0. The van der Waals surface area contributed by atoms with E-state index in [1.165, 1.54) is 12.8 Å². The van der Waals surface area contributed by atoms with Crippen molar-refractivity contribution in [3.63, 3.8) is 0 Å². The summed E-state index contributed by atoms with van der Waals surface area (Å²) < 4.78 is 5.55. The van der Waals surface area contributed by atoms with Crippen LogP contribution in [-0.4, -0.2) is 48.6 Å². The first-order chi connectivity index (χ1) is 9.76. The van der Waals surface area contributed by atoms with Crippen molar-refractivity contribution in [1.82, 2.24) is 15.1 Å². The van der Waals surface area contributed by atoms with Gasteiger partial charge in [0.25, 0.3) is 0 Å². The van der Waals surface area contributed by atoms with Crippen molar-refractivity contribution in [2.75, 3.05) is 32.7 Å². The minimum atomic E-state index is 0.00533. The fourth-order valence-electron chi connectivity index (χ4n) is 2.75. The van der Waals surface area contributed by atoms with Crippen LogP contribution in [0, 0.1) is 0 Å². The zero-order valence-corrected chi connectivity index (χ0v) is 12.5. The van der Waals surface area contributed by atoms with E-state index in [2.05, 4.69) is 10.2 Å². The first kappa shape index (κ1) is 14.9. The van der Waals surface area contributed by atoms with Gasteiger partial charge >= 0.3 is 6.03 Å². The van der Waals surface area contributed by atoms with E-state index in [0.717, 1.165) is 31.9 Å². The molecule has 20 heavy (non-hydrogen) atoms. The van der Waals surface area contributed by atoms with Gasteiger partial charge in [0.15, 0.2) is 0 Å². The molecule has 1 N–H and O–H groups in total. The zero-order chi connectivity index (χ0) is 14.4. The van der Waals surface area contributed by atoms with Gasteiger partial charge in [-0.05, 0) is 51.9 Å². The van der Waals surface area contributed by atoms with Crippen molar-refractivity contribution in [2.45, 2.75) is 32.7 Å². The number of urea groups is 1. The molecule has 1 aliphatic rings. The van der Waals surface area contributed by atoms with Crippen molar-refractivity contribution >= 4 is 6.03 Å². The summed E-state index contributed by atoms with van der Waals surface area (Å²) in [5.41, 5.74) is 0. The van der Waals surface area contributed by atoms with Crippen LogP contribution >= 0.6 is 0 Å². The lowest BCUT2D eigenvalue weighted by molar-refractivity contribution is 0.184. The van der Waals surface area contributed by atoms with Gasteiger partial charge in [0, 0.05) is 19.6 Å². The van der Waals surface area contributed by atoms with E-state index in [-0.39, 0.29) is 12.1 Å². The van der Waals surface area contributed by atoms with Crippen molar-refractivity contribution in [2.24, 2.45) is 0 Å². The molecule has 1 fully saturated rings. The van der Waals surface area contributed by atoms with E-state index >= 15 is 0 Å². The third-order valence-corrected chi connectivity index (χ3v) is 3.95. The zero-order valence-electron chi connectivity index (χ0n) is 12.5. The number of nitrogens with zero attached hydrogens (tertiary/aromatic N) is 2. The quantitative estimate of drug-likeness (QED) is 0.870. The maximum Gasteiger partial charge on any atom is 0.317 e. The topological polar surface area (TPSA) is 48.7 Å². The monoisotopic (exact) mass is 279 g/mol. The van der Waals surface area contributed by atoms with E-state index in [1.807, 2.05) is 26.0 Å². The van der Waals surface area contributed by atoms with Crippen molar-refractivity contribution in [1.29, 1.82) is 0 Å². The van der Waals surface area contributed by atoms with Crippen LogP contribution in [0.3, 0.4) is 0 Å². The van der Waals surface area contributed by atoms with Crippen LogP contribution in [0.4, 0.5) is 4.79 Å². The smallest absolute Gasteiger partial charge is 0.317 e. The highest BCUT2D eigenvalue weighted by Crippen LogP contribution is 2.24. The van der Waals surface area contributed by atoms with Crippen LogP contribution in [0.1, 0.15) is 38.5 Å². The molecule has 2 rings (SSSR count). The van der Waals surface area contributed by atoms with E-state index in [9.17, 15) is 4.79 Å². The number of carbonyl (C=O) groups is 1. The molecule has 0 aliphatic carbocycles. The molecule has 2 heterocycles. The Morgan fingerprint density at radius 3 is 2.65 bits per heavy atom. The summed E-state index contributed by atoms with van der Waals surface area (Å²) in [6.07, 6.45) is 4.15. The number of hydrogen-bond acceptors (Lipinski definition) is 3. The lowest BCUT2D eigenvalue weighted by Gasteiger charge is -2.27. The summed E-state index contributed by atoms with van der Waals surface area (Å²) in [5.74, 6) is 0.937. The van der Waals surface area contributed by atoms with Crippen molar-refractivity contribution in [3.05, 3.63) is 24.2 Å². The Morgan fingerprint density at radius 1 is 1.40 bits per heavy atom. The Labute approximate surface area is 120 Å². The van der Waals surface area contributed by atoms with E-state index in [1.54, 1.807) is 11.2 Å². The third kappa shape index (κ3) is 3.54. The Morgan fingerprint density at radius 2 is 2.10 bits per heavy atom. The molecule has 0 saturated carbocycles. The fourth-order valence-corrected chi connectivity index (χ4v) is 2.75. The number of carbonyl (C=O) groups excluding carboxylic acids is 1. The van der Waals surface area contributed by atoms with Crippen LogP contribution in [-0.2, 0) is 0 Å². The molecule has 5 heteroatoms. The molecule has 0 bridgehead atoms. The minimum Gasteiger partial charge on any atom is -0.468 e. The summed E-state index contributed by atoms with van der Waals surface area (Å²) in [6.45, 7) is 8.21. The molecule has 0 spiro atoms. The summed E-state index contributed by atoms with van der Waals surface area (Å²) in [5, 5.41) is 3.04. The molecule has 1 atom stereocenters. The predicted octanol–water partition coefficient (Wildman–Crippen LogP) is 2.47. The molecule has 1 aliphatic heterocycles. The van der Waals surface area contributed by atoms with E-state index in [0.29, 0.717) is 6.54 Å². The normalized spacial score (nSPS) is 17.1. The van der Waals surface area contributed by atoms with Crippen molar-refractivity contribution < 1.29 is 9.21 Å². The molecule has 1 aromatic heterocycles. The number of nitrogens with one attached hydrogen (secondary N) is 1. The van der Waals surface area contributed by atoms with Gasteiger partial charge in [-0.2, -0.15) is 0 Å². The van der Waals surface area contributed by atoms with E-state index in [4.69, 9.17) is 4.42 Å². The molecule has 1 aromatic rings. The molecule has 1 unspecified atom stereocenters. The molecule has 1 saturated heterocycles. The van der Waals surface area contributed by atoms with Gasteiger partial charge in [0.1, 0.15) is 5.76 Å². The standard InChI is InChI=1S/C15H25N3O2/c1-3-17(4-2)15(19)16-12-13(14-8-7-11-20-14)18-9-5-6-10-18/h7-8,11,13H,3-6,9-10,12H2,1-2H3,(H,16,19). The maximum absolute atomic E-state index is 12.1. The SMILES string of the molecule is CCN(CC)C(=O)NCC(c1ccco1)N1CCCC1. The molecular formula is C15H25N3O2. The second-order valence-corrected chi connectivity index (χ2v) is 5.13. The van der Waals surface area contributed by atoms with Gasteiger partial charge in [0.05, 0.1) is 12.3 Å². The number of rotatable bonds is 6. The van der Waals surface area contributed by atoms with Crippen LogP contribution in [0.5, 0.6) is 0 Å². The molecule has 2 amide bonds. The second kappa shape index (κ2) is 7.33. The minimum absolute atomic E-state index is 0.00533. The lowest BCUT2D eigenvalue weighted by Crippen LogP contribution is -2.43. The molecule has 5 nitrogen and oxygen atoms in total. The highest BCUT2D eigenvalue weighted by Gasteiger charge is 2.26. The number of hydrogen-bond donors (Lipinski definition) is 1. The average Bonchev–Trinajstić information content (AvgIpc) is 3.13. The molecular weight excluding hydrogens is 254 g/mol. The Balaban J connectivity index is 1.96. The van der Waals surface area contributed by atoms with Gasteiger partial charge in [-0.25, -0.2) is 4.79 Å². The van der Waals surface area contributed by atoms with Crippen LogP contribution in [0.25, 0.3) is 0 Å². The predicted molar refractivity (Wildman–Crippen MR) is 78.6 cm³/mol. The van der Waals surface area contributed by atoms with Gasteiger partial charge in [-0.1, -0.05) is 0 Å². The van der Waals surface area contributed by atoms with Gasteiger partial charge in [-0.3, -0.25) is 4.90 Å². The molecule has 0 radical (unpaired) electrons.